The van der Waals surface area contributed by atoms with E-state index in [9.17, 15) is 4.79 Å². The number of amides is 1. The highest BCUT2D eigenvalue weighted by Crippen LogP contribution is 2.30. The fourth-order valence-electron chi connectivity index (χ4n) is 3.67. The predicted molar refractivity (Wildman–Crippen MR) is 102 cm³/mol. The van der Waals surface area contributed by atoms with Crippen LogP contribution in [-0.2, 0) is 6.42 Å². The minimum atomic E-state index is 0.0530. The Morgan fingerprint density at radius 2 is 1.76 bits per heavy atom. The Labute approximate surface area is 148 Å². The standard InChI is InChI=1S/C22H22N2O/c1-14-7-9-21-18(11-14)5-4-10-24(21)22(25)19-13-17-8-6-15(2)12-20(17)23-16(19)3/h6-9,11-13H,4-5,10H2,1-3H3. The van der Waals surface area contributed by atoms with E-state index in [1.54, 1.807) is 0 Å². The van der Waals surface area contributed by atoms with E-state index in [2.05, 4.69) is 49.2 Å². The van der Waals surface area contributed by atoms with E-state index >= 15 is 0 Å². The van der Waals surface area contributed by atoms with Gasteiger partial charge in [0.1, 0.15) is 0 Å². The molecule has 0 N–H and O–H groups in total. The van der Waals surface area contributed by atoms with Gasteiger partial charge in [-0.15, -0.1) is 0 Å². The van der Waals surface area contributed by atoms with Gasteiger partial charge in [0.05, 0.1) is 16.8 Å². The van der Waals surface area contributed by atoms with E-state index in [1.165, 1.54) is 16.7 Å². The van der Waals surface area contributed by atoms with Gasteiger partial charge < -0.3 is 4.90 Å². The van der Waals surface area contributed by atoms with Crippen molar-refractivity contribution >= 4 is 22.5 Å². The second kappa shape index (κ2) is 5.99. The molecule has 4 rings (SSSR count). The first-order valence-electron chi connectivity index (χ1n) is 8.82. The van der Waals surface area contributed by atoms with Crippen LogP contribution < -0.4 is 4.90 Å². The molecule has 2 heterocycles. The summed E-state index contributed by atoms with van der Waals surface area (Å²) in [5.74, 6) is 0.0530. The summed E-state index contributed by atoms with van der Waals surface area (Å²) in [5.41, 5.74) is 7.17. The molecule has 0 spiro atoms. The Balaban J connectivity index is 1.78. The molecule has 0 saturated heterocycles. The minimum absolute atomic E-state index is 0.0530. The first-order chi connectivity index (χ1) is 12.0. The van der Waals surface area contributed by atoms with Crippen LogP contribution in [0.2, 0.25) is 0 Å². The maximum Gasteiger partial charge on any atom is 0.260 e. The number of fused-ring (bicyclic) bond motifs is 2. The maximum absolute atomic E-state index is 13.3. The fraction of sp³-hybridized carbons (Fsp3) is 0.273. The molecule has 1 aliphatic heterocycles. The monoisotopic (exact) mass is 330 g/mol. The molecule has 3 nitrogen and oxygen atoms in total. The molecule has 2 aromatic carbocycles. The number of hydrogen-bond acceptors (Lipinski definition) is 2. The van der Waals surface area contributed by atoms with Crippen molar-refractivity contribution in [2.45, 2.75) is 33.6 Å². The van der Waals surface area contributed by atoms with Crippen LogP contribution >= 0.6 is 0 Å². The van der Waals surface area contributed by atoms with Gasteiger partial charge in [0, 0.05) is 17.6 Å². The topological polar surface area (TPSA) is 33.2 Å². The molecule has 0 bridgehead atoms. The molecular formula is C22H22N2O. The first kappa shape index (κ1) is 15.8. The summed E-state index contributed by atoms with van der Waals surface area (Å²) in [6, 6.07) is 14.5. The van der Waals surface area contributed by atoms with Gasteiger partial charge in [-0.3, -0.25) is 9.78 Å². The van der Waals surface area contributed by atoms with Gasteiger partial charge in [-0.2, -0.15) is 0 Å². The number of aromatic nitrogens is 1. The SMILES string of the molecule is Cc1ccc2c(c1)CCCN2C(=O)c1cc2ccc(C)cc2nc1C. The highest BCUT2D eigenvalue weighted by molar-refractivity contribution is 6.09. The zero-order chi connectivity index (χ0) is 17.6. The second-order valence-electron chi connectivity index (χ2n) is 7.01. The van der Waals surface area contributed by atoms with E-state index < -0.39 is 0 Å². The molecule has 3 aromatic rings. The Morgan fingerprint density at radius 3 is 2.60 bits per heavy atom. The Morgan fingerprint density at radius 1 is 1.00 bits per heavy atom. The van der Waals surface area contributed by atoms with E-state index in [0.29, 0.717) is 5.56 Å². The third kappa shape index (κ3) is 2.80. The van der Waals surface area contributed by atoms with E-state index in [4.69, 9.17) is 0 Å². The summed E-state index contributed by atoms with van der Waals surface area (Å²) in [6.45, 7) is 6.85. The van der Waals surface area contributed by atoms with Crippen LogP contribution in [-0.4, -0.2) is 17.4 Å². The molecule has 1 aromatic heterocycles. The highest BCUT2D eigenvalue weighted by Gasteiger charge is 2.25. The van der Waals surface area contributed by atoms with Crippen LogP contribution in [0.4, 0.5) is 5.69 Å². The quantitative estimate of drug-likeness (QED) is 0.645. The van der Waals surface area contributed by atoms with Crippen LogP contribution in [0.3, 0.4) is 0 Å². The normalized spacial score (nSPS) is 13.8. The van der Waals surface area contributed by atoms with Crippen molar-refractivity contribution in [2.24, 2.45) is 0 Å². The zero-order valence-electron chi connectivity index (χ0n) is 15.0. The number of nitrogens with zero attached hydrogens (tertiary/aromatic N) is 2. The Bertz CT molecular complexity index is 991. The first-order valence-corrected chi connectivity index (χ1v) is 8.82. The Kier molecular flexibility index (Phi) is 3.79. The average molecular weight is 330 g/mol. The van der Waals surface area contributed by atoms with Gasteiger partial charge in [0.15, 0.2) is 0 Å². The lowest BCUT2D eigenvalue weighted by Gasteiger charge is -2.30. The molecule has 1 aliphatic rings. The van der Waals surface area contributed by atoms with E-state index in [-0.39, 0.29) is 5.91 Å². The van der Waals surface area contributed by atoms with Crippen LogP contribution in [0.5, 0.6) is 0 Å². The number of carbonyl (C=O) groups is 1. The number of aryl methyl sites for hydroxylation is 4. The lowest BCUT2D eigenvalue weighted by Crippen LogP contribution is -2.36. The summed E-state index contributed by atoms with van der Waals surface area (Å²) in [7, 11) is 0. The summed E-state index contributed by atoms with van der Waals surface area (Å²) in [4.78, 5) is 19.9. The number of rotatable bonds is 1. The van der Waals surface area contributed by atoms with Crippen molar-refractivity contribution in [3.05, 3.63) is 70.4 Å². The van der Waals surface area contributed by atoms with Crippen molar-refractivity contribution < 1.29 is 4.79 Å². The molecule has 0 fully saturated rings. The summed E-state index contributed by atoms with van der Waals surface area (Å²) in [6.07, 6.45) is 2.04. The third-order valence-corrected chi connectivity index (χ3v) is 4.99. The zero-order valence-corrected chi connectivity index (χ0v) is 15.0. The van der Waals surface area contributed by atoms with Crippen molar-refractivity contribution in [3.63, 3.8) is 0 Å². The van der Waals surface area contributed by atoms with Crippen LogP contribution in [0.1, 0.15) is 39.2 Å². The molecule has 0 aliphatic carbocycles. The van der Waals surface area contributed by atoms with Gasteiger partial charge in [0.25, 0.3) is 5.91 Å². The molecule has 126 valence electrons. The van der Waals surface area contributed by atoms with Crippen molar-refractivity contribution in [2.75, 3.05) is 11.4 Å². The van der Waals surface area contributed by atoms with Gasteiger partial charge >= 0.3 is 0 Å². The number of carbonyl (C=O) groups excluding carboxylic acids is 1. The molecule has 0 atom stereocenters. The van der Waals surface area contributed by atoms with Crippen molar-refractivity contribution in [1.29, 1.82) is 0 Å². The lowest BCUT2D eigenvalue weighted by atomic mass is 9.98. The maximum atomic E-state index is 13.3. The highest BCUT2D eigenvalue weighted by atomic mass is 16.2. The van der Waals surface area contributed by atoms with Crippen LogP contribution in [0.25, 0.3) is 10.9 Å². The lowest BCUT2D eigenvalue weighted by molar-refractivity contribution is 0.0984. The molecular weight excluding hydrogens is 308 g/mol. The number of pyridine rings is 1. The minimum Gasteiger partial charge on any atom is -0.308 e. The third-order valence-electron chi connectivity index (χ3n) is 4.99. The van der Waals surface area contributed by atoms with Gasteiger partial charge in [0.2, 0.25) is 0 Å². The molecule has 3 heteroatoms. The molecule has 0 radical (unpaired) electrons. The number of anilines is 1. The summed E-state index contributed by atoms with van der Waals surface area (Å²) >= 11 is 0. The summed E-state index contributed by atoms with van der Waals surface area (Å²) < 4.78 is 0. The van der Waals surface area contributed by atoms with Crippen LogP contribution in [0.15, 0.2) is 42.5 Å². The van der Waals surface area contributed by atoms with Gasteiger partial charge in [-0.05, 0) is 62.9 Å². The molecule has 25 heavy (non-hydrogen) atoms. The van der Waals surface area contributed by atoms with Gasteiger partial charge in [-0.25, -0.2) is 0 Å². The average Bonchev–Trinajstić information content (AvgIpc) is 2.59. The Hall–Kier alpha value is -2.68. The molecule has 1 amide bonds. The molecule has 0 unspecified atom stereocenters. The van der Waals surface area contributed by atoms with E-state index in [0.717, 1.165) is 41.7 Å². The van der Waals surface area contributed by atoms with Crippen molar-refractivity contribution in [3.8, 4) is 0 Å². The molecule has 0 saturated carbocycles. The number of hydrogen-bond donors (Lipinski definition) is 0. The second-order valence-corrected chi connectivity index (χ2v) is 7.01. The van der Waals surface area contributed by atoms with E-state index in [1.807, 2.05) is 24.0 Å². The van der Waals surface area contributed by atoms with Crippen LogP contribution in [0, 0.1) is 20.8 Å². The fourth-order valence-corrected chi connectivity index (χ4v) is 3.67. The number of benzene rings is 2. The summed E-state index contributed by atoms with van der Waals surface area (Å²) in [5, 5.41) is 1.01. The van der Waals surface area contributed by atoms with Crippen molar-refractivity contribution in [1.82, 2.24) is 4.98 Å². The smallest absolute Gasteiger partial charge is 0.260 e. The van der Waals surface area contributed by atoms with Gasteiger partial charge in [-0.1, -0.05) is 29.8 Å². The largest absolute Gasteiger partial charge is 0.308 e. The predicted octanol–water partition coefficient (Wildman–Crippen LogP) is 4.75.